The highest BCUT2D eigenvalue weighted by Crippen LogP contribution is 2.27. The van der Waals surface area contributed by atoms with Gasteiger partial charge in [0.25, 0.3) is 0 Å². The molecule has 1 fully saturated rings. The highest BCUT2D eigenvalue weighted by atomic mass is 15.3. The third-order valence-electron chi connectivity index (χ3n) is 5.56. The Labute approximate surface area is 166 Å². The molecule has 0 bridgehead atoms. The number of imidazole rings is 1. The summed E-state index contributed by atoms with van der Waals surface area (Å²) in [6, 6.07) is 1.93. The van der Waals surface area contributed by atoms with Crippen LogP contribution < -0.4 is 0 Å². The molecule has 0 atom stereocenters. The maximum atomic E-state index is 4.51. The maximum Gasteiger partial charge on any atom is 0.154 e. The second-order valence-corrected chi connectivity index (χ2v) is 8.22. The van der Waals surface area contributed by atoms with E-state index in [4.69, 9.17) is 0 Å². The molecular formula is C20H30N8. The zero-order valence-corrected chi connectivity index (χ0v) is 17.1. The molecule has 0 aliphatic carbocycles. The lowest BCUT2D eigenvalue weighted by Crippen LogP contribution is -2.34. The van der Waals surface area contributed by atoms with Crippen molar-refractivity contribution in [1.82, 2.24) is 39.0 Å². The minimum atomic E-state index is 0.473. The van der Waals surface area contributed by atoms with Gasteiger partial charge in [-0.3, -0.25) is 9.58 Å². The van der Waals surface area contributed by atoms with Crippen LogP contribution >= 0.6 is 0 Å². The Morgan fingerprint density at radius 2 is 1.96 bits per heavy atom. The van der Waals surface area contributed by atoms with Gasteiger partial charge < -0.3 is 9.13 Å². The van der Waals surface area contributed by atoms with Gasteiger partial charge in [-0.1, -0.05) is 13.8 Å². The molecule has 0 N–H and O–H groups in total. The maximum absolute atomic E-state index is 4.51. The molecule has 1 aliphatic rings. The standard InChI is InChI=1S/C20H30N8/c1-16(2)12-27-15-21-11-18(27)13-26-9-5-17(6-10-26)20-24-23-19(25(20)3)14-28-8-4-7-22-28/h4,7-8,11,15-17H,5-6,9-10,12-14H2,1-3H3. The van der Waals surface area contributed by atoms with Crippen LogP contribution in [-0.2, 0) is 26.7 Å². The van der Waals surface area contributed by atoms with E-state index < -0.39 is 0 Å². The van der Waals surface area contributed by atoms with Gasteiger partial charge in [-0.25, -0.2) is 4.98 Å². The summed E-state index contributed by atoms with van der Waals surface area (Å²) in [6.45, 7) is 9.33. The lowest BCUT2D eigenvalue weighted by atomic mass is 9.96. The minimum Gasteiger partial charge on any atom is -0.333 e. The third kappa shape index (κ3) is 4.16. The van der Waals surface area contributed by atoms with E-state index in [0.717, 1.165) is 50.7 Å². The first kappa shape index (κ1) is 18.9. The molecule has 3 aromatic heterocycles. The molecule has 3 aromatic rings. The molecule has 28 heavy (non-hydrogen) atoms. The SMILES string of the molecule is CC(C)Cn1cncc1CN1CCC(c2nnc(Cn3cccn3)n2C)CC1. The Kier molecular flexibility index (Phi) is 5.57. The highest BCUT2D eigenvalue weighted by molar-refractivity contribution is 5.05. The molecule has 0 saturated carbocycles. The Bertz CT molecular complexity index is 868. The van der Waals surface area contributed by atoms with E-state index in [1.807, 2.05) is 29.5 Å². The van der Waals surface area contributed by atoms with Gasteiger partial charge in [-0.2, -0.15) is 5.10 Å². The lowest BCUT2D eigenvalue weighted by Gasteiger charge is -2.31. The number of nitrogens with zero attached hydrogens (tertiary/aromatic N) is 8. The molecule has 0 aromatic carbocycles. The molecule has 0 spiro atoms. The second kappa shape index (κ2) is 8.26. The zero-order chi connectivity index (χ0) is 19.5. The average molecular weight is 383 g/mol. The van der Waals surface area contributed by atoms with E-state index in [1.165, 1.54) is 5.69 Å². The normalized spacial score (nSPS) is 16.3. The van der Waals surface area contributed by atoms with Crippen LogP contribution in [0, 0.1) is 5.92 Å². The highest BCUT2D eigenvalue weighted by Gasteiger charge is 2.25. The van der Waals surface area contributed by atoms with Crippen LogP contribution in [0.1, 0.15) is 49.9 Å². The Morgan fingerprint density at radius 1 is 1.14 bits per heavy atom. The topological polar surface area (TPSA) is 69.6 Å². The fraction of sp³-hybridized carbons (Fsp3) is 0.600. The first-order chi connectivity index (χ1) is 13.6. The number of aromatic nitrogens is 7. The Balaban J connectivity index is 1.34. The second-order valence-electron chi connectivity index (χ2n) is 8.22. The molecular weight excluding hydrogens is 352 g/mol. The van der Waals surface area contributed by atoms with Crippen LogP contribution in [0.5, 0.6) is 0 Å². The van der Waals surface area contributed by atoms with Gasteiger partial charge in [0.15, 0.2) is 5.82 Å². The van der Waals surface area contributed by atoms with Crippen molar-refractivity contribution in [2.75, 3.05) is 13.1 Å². The Hall–Kier alpha value is -2.48. The number of hydrogen-bond acceptors (Lipinski definition) is 5. The number of rotatable bonds is 7. The van der Waals surface area contributed by atoms with Crippen molar-refractivity contribution >= 4 is 0 Å². The van der Waals surface area contributed by atoms with Crippen LogP contribution in [0.25, 0.3) is 0 Å². The first-order valence-corrected chi connectivity index (χ1v) is 10.2. The molecule has 4 heterocycles. The summed E-state index contributed by atoms with van der Waals surface area (Å²) in [5.74, 6) is 3.16. The van der Waals surface area contributed by atoms with Crippen LogP contribution in [0.4, 0.5) is 0 Å². The fourth-order valence-electron chi connectivity index (χ4n) is 4.02. The summed E-state index contributed by atoms with van der Waals surface area (Å²) in [5, 5.41) is 13.2. The van der Waals surface area contributed by atoms with Crippen LogP contribution in [0.2, 0.25) is 0 Å². The predicted molar refractivity (Wildman–Crippen MR) is 107 cm³/mol. The van der Waals surface area contributed by atoms with E-state index in [2.05, 4.69) is 55.2 Å². The molecule has 1 aliphatic heterocycles. The van der Waals surface area contributed by atoms with Crippen LogP contribution in [-0.4, -0.2) is 52.1 Å². The van der Waals surface area contributed by atoms with Gasteiger partial charge in [0.1, 0.15) is 12.4 Å². The molecule has 0 amide bonds. The van der Waals surface area contributed by atoms with Crippen LogP contribution in [0.3, 0.4) is 0 Å². The van der Waals surface area contributed by atoms with E-state index in [1.54, 1.807) is 6.20 Å². The fourth-order valence-corrected chi connectivity index (χ4v) is 4.02. The Morgan fingerprint density at radius 3 is 2.68 bits per heavy atom. The van der Waals surface area contributed by atoms with Crippen molar-refractivity contribution < 1.29 is 0 Å². The zero-order valence-electron chi connectivity index (χ0n) is 17.1. The first-order valence-electron chi connectivity index (χ1n) is 10.2. The third-order valence-corrected chi connectivity index (χ3v) is 5.56. The van der Waals surface area contributed by atoms with Crippen molar-refractivity contribution in [3.05, 3.63) is 48.3 Å². The van der Waals surface area contributed by atoms with E-state index in [9.17, 15) is 0 Å². The lowest BCUT2D eigenvalue weighted by molar-refractivity contribution is 0.195. The van der Waals surface area contributed by atoms with E-state index >= 15 is 0 Å². The van der Waals surface area contributed by atoms with Crippen molar-refractivity contribution in [3.8, 4) is 0 Å². The predicted octanol–water partition coefficient (Wildman–Crippen LogP) is 2.29. The molecule has 8 heteroatoms. The van der Waals surface area contributed by atoms with Crippen molar-refractivity contribution in [3.63, 3.8) is 0 Å². The van der Waals surface area contributed by atoms with Gasteiger partial charge in [0.2, 0.25) is 0 Å². The van der Waals surface area contributed by atoms with Crippen molar-refractivity contribution in [2.24, 2.45) is 13.0 Å². The molecule has 1 saturated heterocycles. The molecule has 0 radical (unpaired) electrons. The molecule has 4 rings (SSSR count). The van der Waals surface area contributed by atoms with Gasteiger partial charge in [0, 0.05) is 44.6 Å². The smallest absolute Gasteiger partial charge is 0.154 e. The van der Waals surface area contributed by atoms with Crippen LogP contribution in [0.15, 0.2) is 31.0 Å². The van der Waals surface area contributed by atoms with Crippen molar-refractivity contribution in [2.45, 2.75) is 52.2 Å². The van der Waals surface area contributed by atoms with Crippen molar-refractivity contribution in [1.29, 1.82) is 0 Å². The van der Waals surface area contributed by atoms with Gasteiger partial charge in [-0.05, 0) is 37.9 Å². The van der Waals surface area contributed by atoms with E-state index in [-0.39, 0.29) is 0 Å². The summed E-state index contributed by atoms with van der Waals surface area (Å²) < 4.78 is 6.33. The quantitative estimate of drug-likeness (QED) is 0.627. The summed E-state index contributed by atoms with van der Waals surface area (Å²) in [7, 11) is 2.07. The summed E-state index contributed by atoms with van der Waals surface area (Å²) in [6.07, 6.45) is 9.95. The number of likely N-dealkylation sites (tertiary alicyclic amines) is 1. The van der Waals surface area contributed by atoms with Gasteiger partial charge in [0.05, 0.1) is 12.0 Å². The summed E-state index contributed by atoms with van der Waals surface area (Å²) >= 11 is 0. The molecule has 150 valence electrons. The molecule has 0 unspecified atom stereocenters. The van der Waals surface area contributed by atoms with E-state index in [0.29, 0.717) is 18.4 Å². The monoisotopic (exact) mass is 382 g/mol. The van der Waals surface area contributed by atoms with Gasteiger partial charge >= 0.3 is 0 Å². The summed E-state index contributed by atoms with van der Waals surface area (Å²) in [4.78, 5) is 6.89. The number of hydrogen-bond donors (Lipinski definition) is 0. The number of piperidine rings is 1. The minimum absolute atomic E-state index is 0.473. The molecule has 8 nitrogen and oxygen atoms in total. The average Bonchev–Trinajstić information content (AvgIpc) is 3.41. The summed E-state index contributed by atoms with van der Waals surface area (Å²) in [5.41, 5.74) is 1.31. The largest absolute Gasteiger partial charge is 0.333 e. The van der Waals surface area contributed by atoms with Gasteiger partial charge in [-0.15, -0.1) is 10.2 Å².